The molecule has 2 aromatic rings. The highest BCUT2D eigenvalue weighted by Crippen LogP contribution is 2.32. The van der Waals surface area contributed by atoms with Crippen molar-refractivity contribution in [2.75, 3.05) is 11.4 Å². The van der Waals surface area contributed by atoms with Crippen LogP contribution in [0.2, 0.25) is 5.28 Å². The molecule has 0 radical (unpaired) electrons. The molecule has 0 unspecified atom stereocenters. The first-order chi connectivity index (χ1) is 9.41. The van der Waals surface area contributed by atoms with E-state index in [4.69, 9.17) is 11.6 Å². The van der Waals surface area contributed by atoms with E-state index in [1.54, 1.807) is 29.2 Å². The Balaban J connectivity index is 2.48. The number of halogens is 4. The number of hydrogen-bond donors (Lipinski definition) is 0. The molecule has 0 amide bonds. The standard InChI is InChI=1S/C13H11ClF3N3/c1-2-20(9-6-4-3-5-7-9)11-8-10(13(15,16)17)18-12(14)19-11/h3-8H,2H2,1H3. The molecule has 0 aliphatic carbocycles. The van der Waals surface area contributed by atoms with E-state index >= 15 is 0 Å². The van der Waals surface area contributed by atoms with Gasteiger partial charge in [-0.3, -0.25) is 0 Å². The predicted octanol–water partition coefficient (Wildman–Crippen LogP) is 4.31. The molecule has 2 rings (SSSR count). The molecule has 1 aromatic carbocycles. The van der Waals surface area contributed by atoms with Crippen molar-refractivity contribution in [1.82, 2.24) is 9.97 Å². The topological polar surface area (TPSA) is 29.0 Å². The van der Waals surface area contributed by atoms with E-state index in [1.807, 2.05) is 13.0 Å². The van der Waals surface area contributed by atoms with E-state index in [1.165, 1.54) is 0 Å². The average Bonchev–Trinajstić information content (AvgIpc) is 2.39. The number of nitrogens with zero attached hydrogens (tertiary/aromatic N) is 3. The summed E-state index contributed by atoms with van der Waals surface area (Å²) in [4.78, 5) is 8.72. The molecule has 0 saturated carbocycles. The minimum absolute atomic E-state index is 0.117. The number of anilines is 2. The van der Waals surface area contributed by atoms with Gasteiger partial charge in [0.2, 0.25) is 5.28 Å². The number of para-hydroxylation sites is 1. The van der Waals surface area contributed by atoms with Crippen molar-refractivity contribution >= 4 is 23.1 Å². The van der Waals surface area contributed by atoms with Gasteiger partial charge in [-0.2, -0.15) is 13.2 Å². The van der Waals surface area contributed by atoms with Crippen molar-refractivity contribution in [2.24, 2.45) is 0 Å². The minimum Gasteiger partial charge on any atom is -0.327 e. The lowest BCUT2D eigenvalue weighted by Gasteiger charge is -2.22. The van der Waals surface area contributed by atoms with Crippen molar-refractivity contribution in [3.8, 4) is 0 Å². The van der Waals surface area contributed by atoms with Crippen LogP contribution in [-0.2, 0) is 6.18 Å². The van der Waals surface area contributed by atoms with Crippen LogP contribution in [0.1, 0.15) is 12.6 Å². The first kappa shape index (κ1) is 14.6. The Morgan fingerprint density at radius 3 is 2.35 bits per heavy atom. The number of alkyl halides is 3. The molecule has 0 N–H and O–H groups in total. The van der Waals surface area contributed by atoms with Gasteiger partial charge >= 0.3 is 6.18 Å². The monoisotopic (exact) mass is 301 g/mol. The lowest BCUT2D eigenvalue weighted by molar-refractivity contribution is -0.141. The van der Waals surface area contributed by atoms with Crippen LogP contribution in [0.25, 0.3) is 0 Å². The molecular formula is C13H11ClF3N3. The second-order valence-corrected chi connectivity index (χ2v) is 4.30. The third kappa shape index (κ3) is 3.19. The summed E-state index contributed by atoms with van der Waals surface area (Å²) < 4.78 is 38.3. The fourth-order valence-corrected chi connectivity index (χ4v) is 1.95. The molecule has 7 heteroatoms. The van der Waals surface area contributed by atoms with E-state index in [-0.39, 0.29) is 5.82 Å². The highest BCUT2D eigenvalue weighted by atomic mass is 35.5. The highest BCUT2D eigenvalue weighted by molar-refractivity contribution is 6.28. The number of aromatic nitrogens is 2. The zero-order chi connectivity index (χ0) is 14.8. The molecule has 0 fully saturated rings. The molecule has 106 valence electrons. The molecule has 0 spiro atoms. The van der Waals surface area contributed by atoms with Gasteiger partial charge in [0.1, 0.15) is 5.82 Å². The van der Waals surface area contributed by atoms with Crippen LogP contribution in [0.3, 0.4) is 0 Å². The zero-order valence-corrected chi connectivity index (χ0v) is 11.3. The first-order valence-electron chi connectivity index (χ1n) is 5.86. The van der Waals surface area contributed by atoms with Gasteiger partial charge < -0.3 is 4.90 Å². The number of rotatable bonds is 3. The van der Waals surface area contributed by atoms with E-state index < -0.39 is 17.2 Å². The maximum absolute atomic E-state index is 12.8. The second-order valence-electron chi connectivity index (χ2n) is 3.96. The van der Waals surface area contributed by atoms with Gasteiger partial charge in [-0.1, -0.05) is 18.2 Å². The molecule has 0 saturated heterocycles. The minimum atomic E-state index is -4.56. The maximum Gasteiger partial charge on any atom is 0.433 e. The predicted molar refractivity (Wildman–Crippen MR) is 71.2 cm³/mol. The van der Waals surface area contributed by atoms with E-state index in [0.29, 0.717) is 6.54 Å². The largest absolute Gasteiger partial charge is 0.433 e. The van der Waals surface area contributed by atoms with Crippen LogP contribution < -0.4 is 4.90 Å². The normalized spacial score (nSPS) is 11.4. The third-order valence-corrected chi connectivity index (χ3v) is 2.81. The summed E-state index contributed by atoms with van der Waals surface area (Å²) >= 11 is 5.60. The average molecular weight is 302 g/mol. The summed E-state index contributed by atoms with van der Waals surface area (Å²) in [6.45, 7) is 2.27. The zero-order valence-electron chi connectivity index (χ0n) is 10.5. The van der Waals surface area contributed by atoms with Crippen LogP contribution in [0.5, 0.6) is 0 Å². The number of benzene rings is 1. The van der Waals surface area contributed by atoms with E-state index in [0.717, 1.165) is 11.8 Å². The van der Waals surface area contributed by atoms with Crippen LogP contribution in [0.4, 0.5) is 24.7 Å². The van der Waals surface area contributed by atoms with Crippen LogP contribution in [0, 0.1) is 0 Å². The summed E-state index contributed by atoms with van der Waals surface area (Å²) in [6.07, 6.45) is -4.56. The number of hydrogen-bond acceptors (Lipinski definition) is 3. The van der Waals surface area contributed by atoms with Crippen LogP contribution in [-0.4, -0.2) is 16.5 Å². The van der Waals surface area contributed by atoms with Crippen LogP contribution >= 0.6 is 11.6 Å². The molecule has 1 aromatic heterocycles. The Labute approximate surface area is 119 Å². The van der Waals surface area contributed by atoms with Gasteiger partial charge in [0, 0.05) is 18.3 Å². The fraction of sp³-hybridized carbons (Fsp3) is 0.231. The molecule has 0 atom stereocenters. The summed E-state index contributed by atoms with van der Waals surface area (Å²) in [6, 6.07) is 9.88. The van der Waals surface area contributed by atoms with Gasteiger partial charge in [-0.15, -0.1) is 0 Å². The molecule has 0 aliphatic heterocycles. The molecule has 20 heavy (non-hydrogen) atoms. The Hall–Kier alpha value is -1.82. The smallest absolute Gasteiger partial charge is 0.327 e. The molecule has 0 bridgehead atoms. The fourth-order valence-electron chi connectivity index (χ4n) is 1.77. The summed E-state index contributed by atoms with van der Waals surface area (Å²) in [5.74, 6) is 0.117. The molecule has 1 heterocycles. The lowest BCUT2D eigenvalue weighted by Crippen LogP contribution is -2.19. The van der Waals surface area contributed by atoms with Gasteiger partial charge in [-0.05, 0) is 30.7 Å². The summed E-state index contributed by atoms with van der Waals surface area (Å²) in [7, 11) is 0. The van der Waals surface area contributed by atoms with E-state index in [2.05, 4.69) is 9.97 Å². The van der Waals surface area contributed by atoms with Crippen molar-refractivity contribution in [3.63, 3.8) is 0 Å². The van der Waals surface area contributed by atoms with Gasteiger partial charge in [0.05, 0.1) is 0 Å². The Morgan fingerprint density at radius 2 is 1.80 bits per heavy atom. The van der Waals surface area contributed by atoms with Crippen molar-refractivity contribution < 1.29 is 13.2 Å². The molecule has 3 nitrogen and oxygen atoms in total. The maximum atomic E-state index is 12.8. The van der Waals surface area contributed by atoms with E-state index in [9.17, 15) is 13.2 Å². The quantitative estimate of drug-likeness (QED) is 0.791. The molecule has 0 aliphatic rings. The van der Waals surface area contributed by atoms with Gasteiger partial charge in [0.25, 0.3) is 0 Å². The summed E-state index contributed by atoms with van der Waals surface area (Å²) in [5, 5.41) is -0.427. The molecular weight excluding hydrogens is 291 g/mol. The Kier molecular flexibility index (Phi) is 4.13. The summed E-state index contributed by atoms with van der Waals surface area (Å²) in [5.41, 5.74) is -0.320. The first-order valence-corrected chi connectivity index (χ1v) is 6.24. The Morgan fingerprint density at radius 1 is 1.15 bits per heavy atom. The second kappa shape index (κ2) is 5.66. The van der Waals surface area contributed by atoms with Crippen molar-refractivity contribution in [1.29, 1.82) is 0 Å². The lowest BCUT2D eigenvalue weighted by atomic mass is 10.2. The van der Waals surface area contributed by atoms with Gasteiger partial charge in [0.15, 0.2) is 5.69 Å². The van der Waals surface area contributed by atoms with Gasteiger partial charge in [-0.25, -0.2) is 9.97 Å². The van der Waals surface area contributed by atoms with Crippen molar-refractivity contribution in [2.45, 2.75) is 13.1 Å². The Bertz CT molecular complexity index is 587. The van der Waals surface area contributed by atoms with Crippen molar-refractivity contribution in [3.05, 3.63) is 47.4 Å². The SMILES string of the molecule is CCN(c1ccccc1)c1cc(C(F)(F)F)nc(Cl)n1. The highest BCUT2D eigenvalue weighted by Gasteiger charge is 2.34. The van der Waals surface area contributed by atoms with Crippen LogP contribution in [0.15, 0.2) is 36.4 Å². The third-order valence-electron chi connectivity index (χ3n) is 2.64.